The Morgan fingerprint density at radius 1 is 1.24 bits per heavy atom. The van der Waals surface area contributed by atoms with E-state index in [9.17, 15) is 0 Å². The molecule has 1 aromatic rings. The average molecular weight is 290 g/mol. The molecule has 1 fully saturated rings. The topological polar surface area (TPSA) is 29.5 Å². The van der Waals surface area contributed by atoms with E-state index in [1.54, 1.807) is 0 Å². The second-order valence-electron chi connectivity index (χ2n) is 6.81. The summed E-state index contributed by atoms with van der Waals surface area (Å²) in [6.07, 6.45) is 6.70. The molecule has 0 bridgehead atoms. The number of ether oxygens (including phenoxy) is 1. The molecule has 2 rings (SSSR count). The largest absolute Gasteiger partial charge is 0.396 e. The minimum atomic E-state index is 0.0247. The molecule has 0 saturated heterocycles. The number of aliphatic hydroxyl groups is 1. The first-order valence-corrected chi connectivity index (χ1v) is 8.45. The Labute approximate surface area is 129 Å². The lowest BCUT2D eigenvalue weighted by molar-refractivity contribution is -0.0883. The van der Waals surface area contributed by atoms with Gasteiger partial charge in [0.15, 0.2) is 0 Å². The fourth-order valence-corrected chi connectivity index (χ4v) is 3.51. The standard InChI is InChI=1S/C19H30O2/c1-16-9-11-19(12-10-16,21-14-6-13-20)15-17(2)18-7-4-3-5-8-18/h3-5,7-8,16-17,20H,6,9-15H2,1-2H3. The lowest BCUT2D eigenvalue weighted by atomic mass is 9.74. The molecule has 1 aromatic carbocycles. The SMILES string of the molecule is CC1CCC(CC(C)c2ccccc2)(OCCCO)CC1. The van der Waals surface area contributed by atoms with E-state index in [0.29, 0.717) is 12.5 Å². The summed E-state index contributed by atoms with van der Waals surface area (Å²) < 4.78 is 6.29. The van der Waals surface area contributed by atoms with Crippen molar-refractivity contribution in [3.63, 3.8) is 0 Å². The lowest BCUT2D eigenvalue weighted by Crippen LogP contribution is -2.38. The van der Waals surface area contributed by atoms with Gasteiger partial charge in [0.1, 0.15) is 0 Å². The monoisotopic (exact) mass is 290 g/mol. The Morgan fingerprint density at radius 3 is 2.52 bits per heavy atom. The molecule has 1 atom stereocenters. The zero-order chi connectivity index (χ0) is 15.1. The van der Waals surface area contributed by atoms with Crippen molar-refractivity contribution < 1.29 is 9.84 Å². The third kappa shape index (κ3) is 4.82. The summed E-state index contributed by atoms with van der Waals surface area (Å²) in [5.74, 6) is 1.35. The number of hydrogen-bond donors (Lipinski definition) is 1. The molecule has 2 heteroatoms. The van der Waals surface area contributed by atoms with Crippen molar-refractivity contribution in [1.29, 1.82) is 0 Å². The fraction of sp³-hybridized carbons (Fsp3) is 0.684. The summed E-state index contributed by atoms with van der Waals surface area (Å²) in [6, 6.07) is 10.8. The minimum absolute atomic E-state index is 0.0247. The molecular weight excluding hydrogens is 260 g/mol. The van der Waals surface area contributed by atoms with Crippen LogP contribution in [0.15, 0.2) is 30.3 Å². The second-order valence-corrected chi connectivity index (χ2v) is 6.81. The number of hydrogen-bond acceptors (Lipinski definition) is 2. The fourth-order valence-electron chi connectivity index (χ4n) is 3.51. The first-order valence-electron chi connectivity index (χ1n) is 8.45. The minimum Gasteiger partial charge on any atom is -0.396 e. The molecular formula is C19H30O2. The second kappa shape index (κ2) is 7.95. The van der Waals surface area contributed by atoms with Gasteiger partial charge in [-0.1, -0.05) is 44.2 Å². The van der Waals surface area contributed by atoms with Crippen molar-refractivity contribution in [2.45, 2.75) is 63.9 Å². The van der Waals surface area contributed by atoms with Crippen LogP contribution in [0.5, 0.6) is 0 Å². The van der Waals surface area contributed by atoms with Crippen LogP contribution in [0, 0.1) is 5.92 Å². The van der Waals surface area contributed by atoms with Gasteiger partial charge in [0, 0.05) is 13.2 Å². The zero-order valence-corrected chi connectivity index (χ0v) is 13.6. The highest BCUT2D eigenvalue weighted by atomic mass is 16.5. The molecule has 0 aliphatic heterocycles. The predicted molar refractivity (Wildman–Crippen MR) is 87.5 cm³/mol. The Kier molecular flexibility index (Phi) is 6.25. The Bertz CT molecular complexity index is 393. The van der Waals surface area contributed by atoms with Crippen LogP contribution in [0.2, 0.25) is 0 Å². The van der Waals surface area contributed by atoms with Crippen LogP contribution in [0.25, 0.3) is 0 Å². The van der Waals surface area contributed by atoms with Gasteiger partial charge >= 0.3 is 0 Å². The van der Waals surface area contributed by atoms with Crippen LogP contribution in [-0.4, -0.2) is 23.9 Å². The molecule has 0 radical (unpaired) electrons. The maximum atomic E-state index is 9.00. The van der Waals surface area contributed by atoms with E-state index in [4.69, 9.17) is 9.84 Å². The quantitative estimate of drug-likeness (QED) is 0.748. The summed E-state index contributed by atoms with van der Waals surface area (Å²) in [7, 11) is 0. The van der Waals surface area contributed by atoms with Crippen molar-refractivity contribution in [2.75, 3.05) is 13.2 Å². The average Bonchev–Trinajstić information content (AvgIpc) is 2.51. The molecule has 1 saturated carbocycles. The maximum Gasteiger partial charge on any atom is 0.0688 e. The summed E-state index contributed by atoms with van der Waals surface area (Å²) in [5, 5.41) is 9.00. The summed E-state index contributed by atoms with van der Waals surface area (Å²) in [5.41, 5.74) is 1.43. The molecule has 118 valence electrons. The van der Waals surface area contributed by atoms with Gasteiger partial charge in [-0.15, -0.1) is 0 Å². The van der Waals surface area contributed by atoms with Gasteiger partial charge < -0.3 is 9.84 Å². The number of rotatable bonds is 7. The molecule has 1 aliphatic carbocycles. The van der Waals surface area contributed by atoms with Gasteiger partial charge in [-0.3, -0.25) is 0 Å². The van der Waals surface area contributed by atoms with Crippen molar-refractivity contribution in [3.05, 3.63) is 35.9 Å². The third-order valence-electron chi connectivity index (χ3n) is 4.94. The lowest BCUT2D eigenvalue weighted by Gasteiger charge is -2.41. The molecule has 21 heavy (non-hydrogen) atoms. The highest BCUT2D eigenvalue weighted by Crippen LogP contribution is 2.41. The van der Waals surface area contributed by atoms with Gasteiger partial charge in [0.25, 0.3) is 0 Å². The Morgan fingerprint density at radius 2 is 1.90 bits per heavy atom. The van der Waals surface area contributed by atoms with E-state index in [2.05, 4.69) is 44.2 Å². The number of aliphatic hydroxyl groups excluding tert-OH is 1. The molecule has 0 heterocycles. The molecule has 2 nitrogen and oxygen atoms in total. The van der Waals surface area contributed by atoms with E-state index in [-0.39, 0.29) is 12.2 Å². The van der Waals surface area contributed by atoms with Crippen molar-refractivity contribution in [1.82, 2.24) is 0 Å². The van der Waals surface area contributed by atoms with Crippen LogP contribution < -0.4 is 0 Å². The first-order chi connectivity index (χ1) is 10.2. The first kappa shape index (κ1) is 16.5. The van der Waals surface area contributed by atoms with E-state index >= 15 is 0 Å². The van der Waals surface area contributed by atoms with Crippen LogP contribution in [0.3, 0.4) is 0 Å². The van der Waals surface area contributed by atoms with E-state index < -0.39 is 0 Å². The predicted octanol–water partition coefficient (Wildman–Crippen LogP) is 4.53. The maximum absolute atomic E-state index is 9.00. The molecule has 1 N–H and O–H groups in total. The molecule has 1 aliphatic rings. The third-order valence-corrected chi connectivity index (χ3v) is 4.94. The van der Waals surface area contributed by atoms with Gasteiger partial charge in [-0.2, -0.15) is 0 Å². The van der Waals surface area contributed by atoms with E-state index in [1.807, 2.05) is 0 Å². The molecule has 0 amide bonds. The van der Waals surface area contributed by atoms with E-state index in [1.165, 1.54) is 18.4 Å². The van der Waals surface area contributed by atoms with Crippen LogP contribution in [0.1, 0.15) is 63.9 Å². The summed E-state index contributed by atoms with van der Waals surface area (Å²) in [4.78, 5) is 0. The van der Waals surface area contributed by atoms with Gasteiger partial charge in [0.05, 0.1) is 5.60 Å². The van der Waals surface area contributed by atoms with Crippen LogP contribution in [0.4, 0.5) is 0 Å². The van der Waals surface area contributed by atoms with Gasteiger partial charge in [-0.05, 0) is 55.9 Å². The van der Waals surface area contributed by atoms with Crippen molar-refractivity contribution in [2.24, 2.45) is 5.92 Å². The number of benzene rings is 1. The summed E-state index contributed by atoms with van der Waals surface area (Å²) >= 11 is 0. The Balaban J connectivity index is 2.01. The molecule has 0 aromatic heterocycles. The normalized spacial score (nSPS) is 27.5. The molecule has 0 spiro atoms. The van der Waals surface area contributed by atoms with Crippen molar-refractivity contribution >= 4 is 0 Å². The van der Waals surface area contributed by atoms with Gasteiger partial charge in [0.2, 0.25) is 0 Å². The van der Waals surface area contributed by atoms with Crippen LogP contribution >= 0.6 is 0 Å². The van der Waals surface area contributed by atoms with Crippen LogP contribution in [-0.2, 0) is 4.74 Å². The highest BCUT2D eigenvalue weighted by molar-refractivity contribution is 5.19. The highest BCUT2D eigenvalue weighted by Gasteiger charge is 2.36. The Hall–Kier alpha value is -0.860. The molecule has 1 unspecified atom stereocenters. The zero-order valence-electron chi connectivity index (χ0n) is 13.6. The van der Waals surface area contributed by atoms with E-state index in [0.717, 1.165) is 31.6 Å². The van der Waals surface area contributed by atoms with Gasteiger partial charge in [-0.25, -0.2) is 0 Å². The summed E-state index contributed by atoms with van der Waals surface area (Å²) in [6.45, 7) is 5.57. The van der Waals surface area contributed by atoms with Crippen molar-refractivity contribution in [3.8, 4) is 0 Å². The smallest absolute Gasteiger partial charge is 0.0688 e.